The molecular formula is C10H17N3O. The smallest absolute Gasteiger partial charge is 0.217 e. The Balaban J connectivity index is 2.97. The summed E-state index contributed by atoms with van der Waals surface area (Å²) in [4.78, 5) is 4.07. The molecule has 1 aromatic rings. The highest BCUT2D eigenvalue weighted by atomic mass is 16.5. The molecular weight excluding hydrogens is 178 g/mol. The maximum atomic E-state index is 5.98. The molecule has 14 heavy (non-hydrogen) atoms. The molecule has 1 heterocycles. The van der Waals surface area contributed by atoms with E-state index in [9.17, 15) is 0 Å². The van der Waals surface area contributed by atoms with Crippen molar-refractivity contribution in [3.8, 4) is 5.88 Å². The first kappa shape index (κ1) is 10.8. The number of nitrogens with zero attached hydrogens (tertiary/aromatic N) is 1. The third-order valence-corrected chi connectivity index (χ3v) is 2.09. The molecule has 78 valence electrons. The third-order valence-electron chi connectivity index (χ3n) is 2.09. The lowest BCUT2D eigenvalue weighted by Gasteiger charge is -2.14. The second-order valence-corrected chi connectivity index (χ2v) is 3.26. The Hall–Kier alpha value is -1.29. The number of rotatable bonds is 4. The lowest BCUT2D eigenvalue weighted by molar-refractivity contribution is 0.387. The Labute approximate surface area is 84.3 Å². The van der Waals surface area contributed by atoms with Crippen LogP contribution in [0, 0.1) is 0 Å². The van der Waals surface area contributed by atoms with Crippen LogP contribution in [0.4, 0.5) is 5.69 Å². The standard InChI is InChI=1S/C10H17N3O/c1-3-4-9(12)8-5-7(11)6-13-10(8)14-2/h5-6,9H,3-4,11-12H2,1-2H3. The number of hydrogen-bond acceptors (Lipinski definition) is 4. The summed E-state index contributed by atoms with van der Waals surface area (Å²) in [5, 5.41) is 0. The van der Waals surface area contributed by atoms with Gasteiger partial charge in [-0.25, -0.2) is 4.98 Å². The van der Waals surface area contributed by atoms with Gasteiger partial charge in [0.1, 0.15) is 0 Å². The molecule has 0 bridgehead atoms. The normalized spacial score (nSPS) is 12.5. The molecule has 0 aliphatic carbocycles. The second kappa shape index (κ2) is 4.81. The fourth-order valence-electron chi connectivity index (χ4n) is 1.39. The van der Waals surface area contributed by atoms with Gasteiger partial charge in [-0.2, -0.15) is 0 Å². The molecule has 0 spiro atoms. The van der Waals surface area contributed by atoms with Crippen molar-refractivity contribution in [2.75, 3.05) is 12.8 Å². The summed E-state index contributed by atoms with van der Waals surface area (Å²) in [6.07, 6.45) is 3.50. The minimum atomic E-state index is -0.0500. The zero-order valence-corrected chi connectivity index (χ0v) is 8.66. The maximum absolute atomic E-state index is 5.98. The summed E-state index contributed by atoms with van der Waals surface area (Å²) >= 11 is 0. The molecule has 1 aromatic heterocycles. The van der Waals surface area contributed by atoms with E-state index in [-0.39, 0.29) is 6.04 Å². The van der Waals surface area contributed by atoms with Crippen LogP contribution in [0.5, 0.6) is 5.88 Å². The van der Waals surface area contributed by atoms with Gasteiger partial charge >= 0.3 is 0 Å². The van der Waals surface area contributed by atoms with Crippen LogP contribution < -0.4 is 16.2 Å². The fourth-order valence-corrected chi connectivity index (χ4v) is 1.39. The van der Waals surface area contributed by atoms with Crippen LogP contribution in [-0.2, 0) is 0 Å². The van der Waals surface area contributed by atoms with E-state index in [2.05, 4.69) is 11.9 Å². The average Bonchev–Trinajstić information content (AvgIpc) is 2.18. The van der Waals surface area contributed by atoms with Gasteiger partial charge in [-0.3, -0.25) is 0 Å². The van der Waals surface area contributed by atoms with Crippen LogP contribution in [0.15, 0.2) is 12.3 Å². The summed E-state index contributed by atoms with van der Waals surface area (Å²) in [6.45, 7) is 2.09. The van der Waals surface area contributed by atoms with E-state index in [0.29, 0.717) is 11.6 Å². The van der Waals surface area contributed by atoms with E-state index in [1.807, 2.05) is 6.07 Å². The van der Waals surface area contributed by atoms with Gasteiger partial charge in [0.05, 0.1) is 19.0 Å². The summed E-state index contributed by atoms with van der Waals surface area (Å²) in [6, 6.07) is 1.78. The molecule has 4 heteroatoms. The van der Waals surface area contributed by atoms with Crippen molar-refractivity contribution in [3.05, 3.63) is 17.8 Å². The van der Waals surface area contributed by atoms with Crippen LogP contribution in [0.3, 0.4) is 0 Å². The van der Waals surface area contributed by atoms with Gasteiger partial charge in [-0.15, -0.1) is 0 Å². The van der Waals surface area contributed by atoms with Crippen molar-refractivity contribution in [1.82, 2.24) is 4.98 Å². The molecule has 0 aliphatic rings. The molecule has 0 aromatic carbocycles. The lowest BCUT2D eigenvalue weighted by Crippen LogP contribution is -2.12. The number of anilines is 1. The minimum absolute atomic E-state index is 0.0500. The maximum Gasteiger partial charge on any atom is 0.217 e. The van der Waals surface area contributed by atoms with Gasteiger partial charge in [0.25, 0.3) is 0 Å². The Morgan fingerprint density at radius 2 is 2.29 bits per heavy atom. The van der Waals surface area contributed by atoms with E-state index in [1.165, 1.54) is 0 Å². The highest BCUT2D eigenvalue weighted by Crippen LogP contribution is 2.25. The van der Waals surface area contributed by atoms with Crippen molar-refractivity contribution in [2.45, 2.75) is 25.8 Å². The Morgan fingerprint density at radius 1 is 1.57 bits per heavy atom. The number of pyridine rings is 1. The van der Waals surface area contributed by atoms with E-state index in [1.54, 1.807) is 13.3 Å². The second-order valence-electron chi connectivity index (χ2n) is 3.26. The zero-order chi connectivity index (χ0) is 10.6. The monoisotopic (exact) mass is 195 g/mol. The number of hydrogen-bond donors (Lipinski definition) is 2. The van der Waals surface area contributed by atoms with Gasteiger partial charge in [0.2, 0.25) is 5.88 Å². The van der Waals surface area contributed by atoms with Crippen molar-refractivity contribution in [3.63, 3.8) is 0 Å². The van der Waals surface area contributed by atoms with E-state index < -0.39 is 0 Å². The molecule has 1 unspecified atom stereocenters. The molecule has 1 rings (SSSR count). The minimum Gasteiger partial charge on any atom is -0.481 e. The van der Waals surface area contributed by atoms with Gasteiger partial charge in [0, 0.05) is 11.6 Å². The molecule has 0 aliphatic heterocycles. The van der Waals surface area contributed by atoms with Gasteiger partial charge in [0.15, 0.2) is 0 Å². The fraction of sp³-hybridized carbons (Fsp3) is 0.500. The van der Waals surface area contributed by atoms with Crippen molar-refractivity contribution in [2.24, 2.45) is 5.73 Å². The Morgan fingerprint density at radius 3 is 2.86 bits per heavy atom. The number of aromatic nitrogens is 1. The van der Waals surface area contributed by atoms with Crippen molar-refractivity contribution < 1.29 is 4.74 Å². The first-order chi connectivity index (χ1) is 6.69. The number of nitrogen functional groups attached to an aromatic ring is 1. The largest absolute Gasteiger partial charge is 0.481 e. The van der Waals surface area contributed by atoms with Crippen LogP contribution >= 0.6 is 0 Å². The van der Waals surface area contributed by atoms with Crippen molar-refractivity contribution >= 4 is 5.69 Å². The molecule has 0 saturated carbocycles. The zero-order valence-electron chi connectivity index (χ0n) is 8.66. The molecule has 4 nitrogen and oxygen atoms in total. The Kier molecular flexibility index (Phi) is 3.71. The molecule has 0 amide bonds. The third kappa shape index (κ3) is 2.35. The summed E-state index contributed by atoms with van der Waals surface area (Å²) < 4.78 is 5.12. The predicted molar refractivity (Wildman–Crippen MR) is 57.0 cm³/mol. The van der Waals surface area contributed by atoms with E-state index in [0.717, 1.165) is 18.4 Å². The van der Waals surface area contributed by atoms with Crippen molar-refractivity contribution in [1.29, 1.82) is 0 Å². The number of nitrogens with two attached hydrogens (primary N) is 2. The van der Waals surface area contributed by atoms with Crippen LogP contribution in [0.2, 0.25) is 0 Å². The van der Waals surface area contributed by atoms with Crippen LogP contribution in [0.25, 0.3) is 0 Å². The van der Waals surface area contributed by atoms with Crippen LogP contribution in [-0.4, -0.2) is 12.1 Å². The molecule has 0 fully saturated rings. The predicted octanol–water partition coefficient (Wildman–Crippen LogP) is 1.47. The quantitative estimate of drug-likeness (QED) is 0.763. The first-order valence-electron chi connectivity index (χ1n) is 4.74. The summed E-state index contributed by atoms with van der Waals surface area (Å²) in [7, 11) is 1.58. The van der Waals surface area contributed by atoms with E-state index in [4.69, 9.17) is 16.2 Å². The highest BCUT2D eigenvalue weighted by molar-refractivity contribution is 5.43. The summed E-state index contributed by atoms with van der Waals surface area (Å²) in [5.74, 6) is 0.570. The SMILES string of the molecule is CCCC(N)c1cc(N)cnc1OC. The number of methoxy groups -OCH3 is 1. The van der Waals surface area contributed by atoms with E-state index >= 15 is 0 Å². The molecule has 0 radical (unpaired) electrons. The first-order valence-corrected chi connectivity index (χ1v) is 4.74. The summed E-state index contributed by atoms with van der Waals surface area (Å²) in [5.41, 5.74) is 13.1. The average molecular weight is 195 g/mol. The number of ether oxygens (including phenoxy) is 1. The van der Waals surface area contributed by atoms with Gasteiger partial charge < -0.3 is 16.2 Å². The molecule has 0 saturated heterocycles. The van der Waals surface area contributed by atoms with Crippen LogP contribution in [0.1, 0.15) is 31.4 Å². The Bertz CT molecular complexity index is 301. The highest BCUT2D eigenvalue weighted by Gasteiger charge is 2.12. The van der Waals surface area contributed by atoms with Gasteiger partial charge in [-0.05, 0) is 12.5 Å². The van der Waals surface area contributed by atoms with Gasteiger partial charge in [-0.1, -0.05) is 13.3 Å². The lowest BCUT2D eigenvalue weighted by atomic mass is 10.0. The topological polar surface area (TPSA) is 74.2 Å². The molecule has 1 atom stereocenters. The molecule has 4 N–H and O–H groups in total.